The molecule has 0 aromatic rings. The van der Waals surface area contributed by atoms with E-state index in [9.17, 15) is 9.59 Å². The lowest BCUT2D eigenvalue weighted by atomic mass is 9.99. The van der Waals surface area contributed by atoms with Crippen molar-refractivity contribution in [2.24, 2.45) is 0 Å². The van der Waals surface area contributed by atoms with Crippen LogP contribution >= 0.6 is 0 Å². The summed E-state index contributed by atoms with van der Waals surface area (Å²) < 4.78 is 5.03. The highest BCUT2D eigenvalue weighted by Crippen LogP contribution is 2.18. The number of carbonyl (C=O) groups is 2. The standard InChI is InChI=1S/C10H18N2O4/c1-3-7(2)11-9(15)12-10(8(13)14)4-5-16-6-10/h7H,3-6H2,1-2H3,(H,13,14)(H2,11,12,15). The van der Waals surface area contributed by atoms with Crippen LogP contribution in [0.3, 0.4) is 0 Å². The van der Waals surface area contributed by atoms with Gasteiger partial charge in [-0.05, 0) is 13.3 Å². The van der Waals surface area contributed by atoms with Gasteiger partial charge in [-0.25, -0.2) is 9.59 Å². The lowest BCUT2D eigenvalue weighted by Gasteiger charge is -2.24. The van der Waals surface area contributed by atoms with Crippen molar-refractivity contribution in [3.8, 4) is 0 Å². The molecule has 2 unspecified atom stereocenters. The summed E-state index contributed by atoms with van der Waals surface area (Å²) in [6, 6.07) is -0.435. The molecule has 3 N–H and O–H groups in total. The van der Waals surface area contributed by atoms with E-state index in [2.05, 4.69) is 10.6 Å². The lowest BCUT2D eigenvalue weighted by Crippen LogP contribution is -2.58. The molecule has 2 amide bonds. The number of amides is 2. The Morgan fingerprint density at radius 2 is 2.25 bits per heavy atom. The number of carbonyl (C=O) groups excluding carboxylic acids is 1. The first-order valence-electron chi connectivity index (χ1n) is 5.40. The predicted molar refractivity (Wildman–Crippen MR) is 57.2 cm³/mol. The highest BCUT2D eigenvalue weighted by Gasteiger charge is 2.44. The number of carboxylic acids is 1. The number of carboxylic acid groups (broad SMARTS) is 1. The summed E-state index contributed by atoms with van der Waals surface area (Å²) in [4.78, 5) is 22.6. The molecule has 0 aromatic heterocycles. The van der Waals surface area contributed by atoms with Crippen molar-refractivity contribution in [3.05, 3.63) is 0 Å². The molecule has 1 aliphatic rings. The predicted octanol–water partition coefficient (Wildman–Crippen LogP) is 0.328. The Labute approximate surface area is 94.3 Å². The summed E-state index contributed by atoms with van der Waals surface area (Å²) in [7, 11) is 0. The maximum Gasteiger partial charge on any atom is 0.332 e. The van der Waals surface area contributed by atoms with Gasteiger partial charge in [0.15, 0.2) is 5.54 Å². The third kappa shape index (κ3) is 2.85. The number of urea groups is 1. The topological polar surface area (TPSA) is 87.7 Å². The normalized spacial score (nSPS) is 26.1. The summed E-state index contributed by atoms with van der Waals surface area (Å²) in [6.45, 7) is 4.18. The summed E-state index contributed by atoms with van der Waals surface area (Å²) >= 11 is 0. The Bertz CT molecular complexity index is 274. The van der Waals surface area contributed by atoms with Crippen LogP contribution in [-0.4, -0.2) is 41.9 Å². The molecule has 1 heterocycles. The average molecular weight is 230 g/mol. The van der Waals surface area contributed by atoms with Crippen LogP contribution in [0.4, 0.5) is 4.79 Å². The smallest absolute Gasteiger partial charge is 0.332 e. The van der Waals surface area contributed by atoms with Crippen LogP contribution in [0, 0.1) is 0 Å². The Morgan fingerprint density at radius 1 is 1.56 bits per heavy atom. The third-order valence-corrected chi connectivity index (χ3v) is 2.77. The van der Waals surface area contributed by atoms with Crippen LogP contribution < -0.4 is 10.6 Å². The van der Waals surface area contributed by atoms with E-state index in [-0.39, 0.29) is 12.6 Å². The van der Waals surface area contributed by atoms with Gasteiger partial charge in [0.05, 0.1) is 6.61 Å². The maximum absolute atomic E-state index is 11.5. The van der Waals surface area contributed by atoms with Gasteiger partial charge in [0.2, 0.25) is 0 Å². The van der Waals surface area contributed by atoms with Crippen molar-refractivity contribution in [1.82, 2.24) is 10.6 Å². The number of rotatable bonds is 4. The van der Waals surface area contributed by atoms with Gasteiger partial charge >= 0.3 is 12.0 Å². The molecular formula is C10H18N2O4. The van der Waals surface area contributed by atoms with Crippen molar-refractivity contribution >= 4 is 12.0 Å². The van der Waals surface area contributed by atoms with Gasteiger partial charge in [-0.2, -0.15) is 0 Å². The Balaban J connectivity index is 2.56. The van der Waals surface area contributed by atoms with E-state index in [0.29, 0.717) is 13.0 Å². The number of nitrogens with one attached hydrogen (secondary N) is 2. The van der Waals surface area contributed by atoms with E-state index in [0.717, 1.165) is 6.42 Å². The molecule has 92 valence electrons. The van der Waals surface area contributed by atoms with Crippen LogP contribution in [0.15, 0.2) is 0 Å². The highest BCUT2D eigenvalue weighted by atomic mass is 16.5. The third-order valence-electron chi connectivity index (χ3n) is 2.77. The van der Waals surface area contributed by atoms with E-state index in [4.69, 9.17) is 9.84 Å². The van der Waals surface area contributed by atoms with Gasteiger partial charge < -0.3 is 20.5 Å². The quantitative estimate of drug-likeness (QED) is 0.649. The molecular weight excluding hydrogens is 212 g/mol. The Kier molecular flexibility index (Phi) is 4.12. The van der Waals surface area contributed by atoms with Crippen LogP contribution in [0.2, 0.25) is 0 Å². The summed E-state index contributed by atoms with van der Waals surface area (Å²) in [5.41, 5.74) is -1.27. The summed E-state index contributed by atoms with van der Waals surface area (Å²) in [5, 5.41) is 14.2. The highest BCUT2D eigenvalue weighted by molar-refractivity contribution is 5.86. The van der Waals surface area contributed by atoms with E-state index >= 15 is 0 Å². The molecule has 2 atom stereocenters. The number of hydrogen-bond acceptors (Lipinski definition) is 3. The summed E-state index contributed by atoms with van der Waals surface area (Å²) in [6.07, 6.45) is 1.10. The molecule has 1 saturated heterocycles. The minimum atomic E-state index is -1.27. The van der Waals surface area contributed by atoms with Crippen molar-refractivity contribution in [3.63, 3.8) is 0 Å². The molecule has 6 nitrogen and oxygen atoms in total. The monoisotopic (exact) mass is 230 g/mol. The van der Waals surface area contributed by atoms with Crippen molar-refractivity contribution in [1.29, 1.82) is 0 Å². The molecule has 0 aliphatic carbocycles. The lowest BCUT2D eigenvalue weighted by molar-refractivity contribution is -0.144. The maximum atomic E-state index is 11.5. The zero-order valence-electron chi connectivity index (χ0n) is 9.58. The number of hydrogen-bond donors (Lipinski definition) is 3. The molecule has 0 bridgehead atoms. The zero-order valence-corrected chi connectivity index (χ0v) is 9.58. The minimum Gasteiger partial charge on any atom is -0.479 e. The number of aliphatic carboxylic acids is 1. The van der Waals surface area contributed by atoms with Gasteiger partial charge in [0, 0.05) is 19.1 Å². The molecule has 1 fully saturated rings. The van der Waals surface area contributed by atoms with Crippen LogP contribution in [0.1, 0.15) is 26.7 Å². The van der Waals surface area contributed by atoms with Gasteiger partial charge in [0.25, 0.3) is 0 Å². The van der Waals surface area contributed by atoms with Gasteiger partial charge in [0.1, 0.15) is 0 Å². The first-order chi connectivity index (χ1) is 7.50. The number of ether oxygens (including phenoxy) is 1. The van der Waals surface area contributed by atoms with Crippen LogP contribution in [-0.2, 0) is 9.53 Å². The first kappa shape index (κ1) is 12.8. The summed E-state index contributed by atoms with van der Waals surface area (Å²) in [5.74, 6) is -1.05. The first-order valence-corrected chi connectivity index (χ1v) is 5.40. The van der Waals surface area contributed by atoms with E-state index in [1.807, 2.05) is 13.8 Å². The van der Waals surface area contributed by atoms with Crippen molar-refractivity contribution in [2.45, 2.75) is 38.3 Å². The van der Waals surface area contributed by atoms with Gasteiger partial charge in [-0.3, -0.25) is 0 Å². The van der Waals surface area contributed by atoms with Crippen LogP contribution in [0.5, 0.6) is 0 Å². The molecule has 6 heteroatoms. The van der Waals surface area contributed by atoms with Crippen LogP contribution in [0.25, 0.3) is 0 Å². The fourth-order valence-corrected chi connectivity index (χ4v) is 1.46. The minimum absolute atomic E-state index is 0.0215. The molecule has 1 aliphatic heterocycles. The van der Waals surface area contributed by atoms with Crippen molar-refractivity contribution < 1.29 is 19.4 Å². The SMILES string of the molecule is CCC(C)NC(=O)NC1(C(=O)O)CCOC1. The molecule has 0 radical (unpaired) electrons. The Morgan fingerprint density at radius 3 is 2.69 bits per heavy atom. The largest absolute Gasteiger partial charge is 0.479 e. The second-order valence-electron chi connectivity index (χ2n) is 4.10. The molecule has 0 aromatic carbocycles. The molecule has 0 saturated carbocycles. The second-order valence-corrected chi connectivity index (χ2v) is 4.10. The zero-order chi connectivity index (χ0) is 12.2. The molecule has 1 rings (SSSR count). The fourth-order valence-electron chi connectivity index (χ4n) is 1.46. The molecule has 16 heavy (non-hydrogen) atoms. The van der Waals surface area contributed by atoms with Crippen molar-refractivity contribution in [2.75, 3.05) is 13.2 Å². The van der Waals surface area contributed by atoms with E-state index < -0.39 is 17.5 Å². The fraction of sp³-hybridized carbons (Fsp3) is 0.800. The molecule has 0 spiro atoms. The van der Waals surface area contributed by atoms with Gasteiger partial charge in [-0.1, -0.05) is 6.92 Å². The van der Waals surface area contributed by atoms with E-state index in [1.165, 1.54) is 0 Å². The Hall–Kier alpha value is -1.30. The van der Waals surface area contributed by atoms with Gasteiger partial charge in [-0.15, -0.1) is 0 Å². The second kappa shape index (κ2) is 5.16. The van der Waals surface area contributed by atoms with E-state index in [1.54, 1.807) is 0 Å². The average Bonchev–Trinajstić information content (AvgIpc) is 2.67.